The van der Waals surface area contributed by atoms with E-state index < -0.39 is 0 Å². The van der Waals surface area contributed by atoms with Crippen LogP contribution in [0.4, 0.5) is 5.69 Å². The average Bonchev–Trinajstić information content (AvgIpc) is 2.54. The number of aryl methyl sites for hydroxylation is 1. The normalized spacial score (nSPS) is 12.1. The number of hydrogen-bond acceptors (Lipinski definition) is 5. The first-order chi connectivity index (χ1) is 11.0. The number of likely N-dealkylation sites (N-methyl/N-ethyl adjacent to an activating group) is 1. The molecule has 0 bridgehead atoms. The summed E-state index contributed by atoms with van der Waals surface area (Å²) in [5, 5.41) is 3.48. The first-order valence-electron chi connectivity index (χ1n) is 7.60. The van der Waals surface area contributed by atoms with Crippen molar-refractivity contribution >= 4 is 5.69 Å². The van der Waals surface area contributed by atoms with Gasteiger partial charge in [0.2, 0.25) is 0 Å². The molecular formula is C18H25N3O2. The van der Waals surface area contributed by atoms with Gasteiger partial charge in [0.1, 0.15) is 0 Å². The molecule has 1 aromatic carbocycles. The fraction of sp³-hybridized carbons (Fsp3) is 0.389. The molecule has 1 unspecified atom stereocenters. The number of anilines is 1. The lowest BCUT2D eigenvalue weighted by atomic mass is 10.0. The van der Waals surface area contributed by atoms with E-state index in [1.54, 1.807) is 14.2 Å². The fourth-order valence-electron chi connectivity index (χ4n) is 2.53. The molecule has 2 rings (SSSR count). The smallest absolute Gasteiger partial charge is 0.161 e. The predicted octanol–water partition coefficient (Wildman–Crippen LogP) is 3.12. The van der Waals surface area contributed by atoms with Gasteiger partial charge >= 0.3 is 0 Å². The number of hydrogen-bond donors (Lipinski definition) is 1. The first-order valence-corrected chi connectivity index (χ1v) is 7.60. The summed E-state index contributed by atoms with van der Waals surface area (Å²) in [5.74, 6) is 1.49. The molecular weight excluding hydrogens is 290 g/mol. The van der Waals surface area contributed by atoms with Gasteiger partial charge < -0.3 is 19.7 Å². The van der Waals surface area contributed by atoms with Gasteiger partial charge in [0, 0.05) is 24.1 Å². The third-order valence-corrected chi connectivity index (χ3v) is 3.81. The van der Waals surface area contributed by atoms with Crippen LogP contribution in [-0.2, 0) is 0 Å². The van der Waals surface area contributed by atoms with Gasteiger partial charge in [0.15, 0.2) is 11.5 Å². The highest BCUT2D eigenvalue weighted by Gasteiger charge is 2.16. The van der Waals surface area contributed by atoms with Crippen molar-refractivity contribution in [2.45, 2.75) is 13.0 Å². The Morgan fingerprint density at radius 3 is 2.43 bits per heavy atom. The Balaban J connectivity index is 2.18. The van der Waals surface area contributed by atoms with Crippen molar-refractivity contribution in [3.05, 3.63) is 47.8 Å². The second kappa shape index (κ2) is 7.83. The summed E-state index contributed by atoms with van der Waals surface area (Å²) >= 11 is 0. The molecule has 1 atom stereocenters. The summed E-state index contributed by atoms with van der Waals surface area (Å²) in [6.45, 7) is 2.77. The van der Waals surface area contributed by atoms with Crippen molar-refractivity contribution in [1.82, 2.24) is 9.88 Å². The zero-order valence-corrected chi connectivity index (χ0v) is 14.5. The molecule has 2 aromatic rings. The molecule has 23 heavy (non-hydrogen) atoms. The van der Waals surface area contributed by atoms with E-state index in [1.807, 2.05) is 37.4 Å². The van der Waals surface area contributed by atoms with Crippen molar-refractivity contribution in [2.24, 2.45) is 0 Å². The van der Waals surface area contributed by atoms with Crippen molar-refractivity contribution in [1.29, 1.82) is 0 Å². The van der Waals surface area contributed by atoms with Crippen molar-refractivity contribution in [3.63, 3.8) is 0 Å². The lowest BCUT2D eigenvalue weighted by Crippen LogP contribution is -2.27. The Labute approximate surface area is 138 Å². The molecule has 0 aliphatic rings. The maximum Gasteiger partial charge on any atom is 0.161 e. The minimum atomic E-state index is 0.211. The Hall–Kier alpha value is -2.27. The van der Waals surface area contributed by atoms with E-state index >= 15 is 0 Å². The van der Waals surface area contributed by atoms with E-state index in [-0.39, 0.29) is 6.04 Å². The van der Waals surface area contributed by atoms with Gasteiger partial charge in [-0.15, -0.1) is 0 Å². The number of rotatable bonds is 7. The van der Waals surface area contributed by atoms with Gasteiger partial charge in [0.25, 0.3) is 0 Å². The molecule has 1 heterocycles. The summed E-state index contributed by atoms with van der Waals surface area (Å²) in [6.07, 6.45) is 1.82. The zero-order valence-electron chi connectivity index (χ0n) is 14.5. The second-order valence-electron chi connectivity index (χ2n) is 5.66. The molecule has 0 amide bonds. The quantitative estimate of drug-likeness (QED) is 0.850. The molecule has 0 aliphatic heterocycles. The first kappa shape index (κ1) is 17.1. The molecule has 1 aromatic heterocycles. The van der Waals surface area contributed by atoms with Crippen LogP contribution in [0.3, 0.4) is 0 Å². The minimum absolute atomic E-state index is 0.211. The van der Waals surface area contributed by atoms with Gasteiger partial charge in [-0.3, -0.25) is 4.98 Å². The van der Waals surface area contributed by atoms with Crippen molar-refractivity contribution < 1.29 is 9.47 Å². The molecule has 0 spiro atoms. The van der Waals surface area contributed by atoms with E-state index in [0.717, 1.165) is 29.4 Å². The largest absolute Gasteiger partial charge is 0.493 e. The van der Waals surface area contributed by atoms with Crippen LogP contribution in [0.1, 0.15) is 17.3 Å². The number of benzene rings is 1. The molecule has 0 saturated heterocycles. The minimum Gasteiger partial charge on any atom is -0.493 e. The molecule has 0 radical (unpaired) electrons. The SMILES string of the molecule is COc1ccc(C(CNc2ccnc(C)c2)N(C)C)cc1OC. The molecule has 1 N–H and O–H groups in total. The lowest BCUT2D eigenvalue weighted by molar-refractivity contribution is 0.308. The highest BCUT2D eigenvalue weighted by Crippen LogP contribution is 2.31. The monoisotopic (exact) mass is 315 g/mol. The van der Waals surface area contributed by atoms with E-state index in [9.17, 15) is 0 Å². The van der Waals surface area contributed by atoms with Crippen molar-refractivity contribution in [3.8, 4) is 11.5 Å². The summed E-state index contributed by atoms with van der Waals surface area (Å²) in [5.41, 5.74) is 3.25. The van der Waals surface area contributed by atoms with Gasteiger partial charge in [-0.25, -0.2) is 0 Å². The predicted molar refractivity (Wildman–Crippen MR) is 93.4 cm³/mol. The molecule has 0 saturated carbocycles. The standard InChI is InChI=1S/C18H25N3O2/c1-13-10-15(8-9-19-13)20-12-16(21(2)3)14-6-7-17(22-4)18(11-14)23-5/h6-11,16H,12H2,1-5H3,(H,19,20). The Bertz CT molecular complexity index is 644. The van der Waals surface area contributed by atoms with Crippen LogP contribution in [0.25, 0.3) is 0 Å². The Morgan fingerprint density at radius 2 is 1.83 bits per heavy atom. The molecule has 124 valence electrons. The molecule has 0 fully saturated rings. The van der Waals surface area contributed by atoms with Crippen LogP contribution in [0.5, 0.6) is 11.5 Å². The number of ether oxygens (including phenoxy) is 2. The lowest BCUT2D eigenvalue weighted by Gasteiger charge is -2.26. The van der Waals surface area contributed by atoms with E-state index in [0.29, 0.717) is 0 Å². The number of nitrogens with zero attached hydrogens (tertiary/aromatic N) is 2. The Morgan fingerprint density at radius 1 is 1.09 bits per heavy atom. The van der Waals surface area contributed by atoms with E-state index in [1.165, 1.54) is 5.56 Å². The third kappa shape index (κ3) is 4.36. The number of methoxy groups -OCH3 is 2. The maximum absolute atomic E-state index is 5.41. The van der Waals surface area contributed by atoms with Crippen LogP contribution in [0, 0.1) is 6.92 Å². The average molecular weight is 315 g/mol. The Kier molecular flexibility index (Phi) is 5.82. The van der Waals surface area contributed by atoms with Crippen LogP contribution >= 0.6 is 0 Å². The molecule has 5 heteroatoms. The highest BCUT2D eigenvalue weighted by atomic mass is 16.5. The number of aromatic nitrogens is 1. The highest BCUT2D eigenvalue weighted by molar-refractivity contribution is 5.46. The summed E-state index contributed by atoms with van der Waals surface area (Å²) in [7, 11) is 7.44. The summed E-state index contributed by atoms with van der Waals surface area (Å²) < 4.78 is 10.7. The van der Waals surface area contributed by atoms with Crippen LogP contribution < -0.4 is 14.8 Å². The summed E-state index contributed by atoms with van der Waals surface area (Å²) in [4.78, 5) is 6.40. The van der Waals surface area contributed by atoms with Gasteiger partial charge in [-0.2, -0.15) is 0 Å². The maximum atomic E-state index is 5.41. The van der Waals surface area contributed by atoms with Crippen LogP contribution in [-0.4, -0.2) is 44.7 Å². The van der Waals surface area contributed by atoms with Gasteiger partial charge in [-0.05, 0) is 50.8 Å². The van der Waals surface area contributed by atoms with Crippen LogP contribution in [0.2, 0.25) is 0 Å². The molecule has 5 nitrogen and oxygen atoms in total. The van der Waals surface area contributed by atoms with Gasteiger partial charge in [-0.1, -0.05) is 6.07 Å². The number of nitrogens with one attached hydrogen (secondary N) is 1. The summed E-state index contributed by atoms with van der Waals surface area (Å²) in [6, 6.07) is 10.3. The third-order valence-electron chi connectivity index (χ3n) is 3.81. The van der Waals surface area contributed by atoms with E-state index in [4.69, 9.17) is 9.47 Å². The van der Waals surface area contributed by atoms with E-state index in [2.05, 4.69) is 35.4 Å². The zero-order chi connectivity index (χ0) is 16.8. The fourth-order valence-corrected chi connectivity index (χ4v) is 2.53. The van der Waals surface area contributed by atoms with Gasteiger partial charge in [0.05, 0.1) is 20.3 Å². The van der Waals surface area contributed by atoms with Crippen LogP contribution in [0.15, 0.2) is 36.5 Å². The second-order valence-corrected chi connectivity index (χ2v) is 5.66. The molecule has 0 aliphatic carbocycles. The number of pyridine rings is 1. The van der Waals surface area contributed by atoms with Crippen molar-refractivity contribution in [2.75, 3.05) is 40.2 Å². The topological polar surface area (TPSA) is 46.6 Å².